The third-order valence-corrected chi connectivity index (χ3v) is 7.39. The van der Waals surface area contributed by atoms with Crippen LogP contribution in [-0.2, 0) is 20.1 Å². The molecule has 2 aromatic carbocycles. The first-order valence-electron chi connectivity index (χ1n) is 12.2. The van der Waals surface area contributed by atoms with Crippen LogP contribution in [-0.4, -0.2) is 66.4 Å². The molecule has 6 rings (SSSR count). The topological polar surface area (TPSA) is 72.1 Å². The number of hydrogen-bond acceptors (Lipinski definition) is 5. The lowest BCUT2D eigenvalue weighted by Gasteiger charge is -2.34. The Balaban J connectivity index is 1.09. The quantitative estimate of drug-likeness (QED) is 0.411. The van der Waals surface area contributed by atoms with Gasteiger partial charge in [0.05, 0.1) is 16.9 Å². The summed E-state index contributed by atoms with van der Waals surface area (Å²) in [6.45, 7) is 4.90. The van der Waals surface area contributed by atoms with Gasteiger partial charge in [0, 0.05) is 58.1 Å². The van der Waals surface area contributed by atoms with E-state index in [-0.39, 0.29) is 5.91 Å². The first-order chi connectivity index (χ1) is 17.0. The summed E-state index contributed by atoms with van der Waals surface area (Å²) in [5, 5.41) is 9.35. The highest BCUT2D eigenvalue weighted by Gasteiger charge is 2.25. The molecule has 8 nitrogen and oxygen atoms in total. The van der Waals surface area contributed by atoms with Crippen LogP contribution < -0.4 is 0 Å². The summed E-state index contributed by atoms with van der Waals surface area (Å²) in [5.74, 6) is 0.742. The highest BCUT2D eigenvalue weighted by Crippen LogP contribution is 2.35. The second kappa shape index (κ2) is 9.09. The van der Waals surface area contributed by atoms with Gasteiger partial charge in [-0.1, -0.05) is 47.1 Å². The van der Waals surface area contributed by atoms with Crippen LogP contribution in [0.4, 0.5) is 0 Å². The van der Waals surface area contributed by atoms with Gasteiger partial charge in [-0.2, -0.15) is 0 Å². The molecule has 0 unspecified atom stereocenters. The second-order valence-electron chi connectivity index (χ2n) is 9.70. The Morgan fingerprint density at radius 3 is 2.51 bits per heavy atom. The Labute approximate surface area is 209 Å². The smallest absolute Gasteiger partial charge is 0.274 e. The standard InChI is InChI=1S/C26H28ClN7O/c1-31-16-22(28-17-31)26(35)33-12-10-32(11-13-33)14-18-4-6-20(7-5-18)21-8-9-23-25(24(21)27)29-30-34(23)15-19-2-3-19/h4-9,16-17,19H,2-3,10-15H2,1H3. The maximum absolute atomic E-state index is 12.6. The summed E-state index contributed by atoms with van der Waals surface area (Å²) in [5.41, 5.74) is 5.58. The van der Waals surface area contributed by atoms with E-state index >= 15 is 0 Å². The fraction of sp³-hybridized carbons (Fsp3) is 0.385. The number of nitrogens with zero attached hydrogens (tertiary/aromatic N) is 7. The number of rotatable bonds is 6. The number of carbonyl (C=O) groups is 1. The van der Waals surface area contributed by atoms with Crippen molar-refractivity contribution in [3.8, 4) is 11.1 Å². The van der Waals surface area contributed by atoms with Gasteiger partial charge in [-0.3, -0.25) is 9.69 Å². The van der Waals surface area contributed by atoms with Crippen molar-refractivity contribution in [2.75, 3.05) is 26.2 Å². The van der Waals surface area contributed by atoms with Gasteiger partial charge >= 0.3 is 0 Å². The maximum atomic E-state index is 12.6. The van der Waals surface area contributed by atoms with Gasteiger partial charge in [0.15, 0.2) is 0 Å². The Hall–Kier alpha value is -3.23. The predicted molar refractivity (Wildman–Crippen MR) is 135 cm³/mol. The van der Waals surface area contributed by atoms with Crippen molar-refractivity contribution in [2.24, 2.45) is 13.0 Å². The molecule has 180 valence electrons. The summed E-state index contributed by atoms with van der Waals surface area (Å²) in [7, 11) is 1.87. The number of aryl methyl sites for hydroxylation is 1. The molecule has 0 atom stereocenters. The molecule has 1 aliphatic carbocycles. The molecule has 1 saturated heterocycles. The molecule has 2 fully saturated rings. The molecule has 0 bridgehead atoms. The largest absolute Gasteiger partial charge is 0.340 e. The van der Waals surface area contributed by atoms with Crippen molar-refractivity contribution < 1.29 is 4.79 Å². The van der Waals surface area contributed by atoms with Crippen LogP contribution in [0.5, 0.6) is 0 Å². The lowest BCUT2D eigenvalue weighted by Crippen LogP contribution is -2.48. The number of carbonyl (C=O) groups excluding carboxylic acids is 1. The molecule has 0 spiro atoms. The first kappa shape index (κ1) is 22.2. The Bertz CT molecular complexity index is 1360. The number of imidazole rings is 1. The van der Waals surface area contributed by atoms with E-state index in [2.05, 4.69) is 56.6 Å². The summed E-state index contributed by atoms with van der Waals surface area (Å²) in [6, 6.07) is 12.7. The molecule has 1 amide bonds. The van der Waals surface area contributed by atoms with E-state index in [9.17, 15) is 4.79 Å². The molecule has 2 aliphatic rings. The van der Waals surface area contributed by atoms with Crippen molar-refractivity contribution >= 4 is 28.5 Å². The average molecular weight is 490 g/mol. The van der Waals surface area contributed by atoms with Crippen molar-refractivity contribution in [2.45, 2.75) is 25.9 Å². The minimum absolute atomic E-state index is 0.0102. The van der Waals surface area contributed by atoms with Crippen LogP contribution in [0.1, 0.15) is 28.9 Å². The average Bonchev–Trinajstić information content (AvgIpc) is 3.43. The van der Waals surface area contributed by atoms with Crippen LogP contribution in [0.15, 0.2) is 48.9 Å². The zero-order chi connectivity index (χ0) is 23.9. The minimum Gasteiger partial charge on any atom is -0.340 e. The van der Waals surface area contributed by atoms with E-state index in [0.29, 0.717) is 23.8 Å². The molecule has 0 N–H and O–H groups in total. The minimum atomic E-state index is 0.0102. The van der Waals surface area contributed by atoms with Crippen LogP contribution >= 0.6 is 11.6 Å². The van der Waals surface area contributed by atoms with E-state index in [4.69, 9.17) is 11.6 Å². The number of benzene rings is 2. The molecule has 3 heterocycles. The third-order valence-electron chi connectivity index (χ3n) is 7.01. The van der Waals surface area contributed by atoms with E-state index in [1.165, 1.54) is 18.4 Å². The highest BCUT2D eigenvalue weighted by atomic mass is 35.5. The molecule has 1 aliphatic heterocycles. The van der Waals surface area contributed by atoms with Gasteiger partial charge in [0.25, 0.3) is 5.91 Å². The van der Waals surface area contributed by atoms with Crippen molar-refractivity contribution in [3.63, 3.8) is 0 Å². The molecule has 9 heteroatoms. The Kier molecular flexibility index (Phi) is 5.78. The van der Waals surface area contributed by atoms with Gasteiger partial charge in [0.2, 0.25) is 0 Å². The summed E-state index contributed by atoms with van der Waals surface area (Å²) < 4.78 is 3.78. The van der Waals surface area contributed by atoms with Gasteiger partial charge < -0.3 is 9.47 Å². The fourth-order valence-electron chi connectivity index (χ4n) is 4.75. The predicted octanol–water partition coefficient (Wildman–Crippen LogP) is 3.85. The SMILES string of the molecule is Cn1cnc(C(=O)N2CCN(Cc3ccc(-c4ccc5c(nnn5CC5CC5)c4Cl)cc3)CC2)c1. The van der Waals surface area contributed by atoms with Crippen LogP contribution in [0.2, 0.25) is 5.02 Å². The van der Waals surface area contributed by atoms with Gasteiger partial charge in [-0.15, -0.1) is 5.10 Å². The summed E-state index contributed by atoms with van der Waals surface area (Å²) in [4.78, 5) is 21.1. The summed E-state index contributed by atoms with van der Waals surface area (Å²) >= 11 is 6.76. The van der Waals surface area contributed by atoms with Crippen molar-refractivity contribution in [1.29, 1.82) is 0 Å². The number of hydrogen-bond donors (Lipinski definition) is 0. The maximum Gasteiger partial charge on any atom is 0.274 e. The van der Waals surface area contributed by atoms with Crippen molar-refractivity contribution in [3.05, 3.63) is 65.2 Å². The zero-order valence-electron chi connectivity index (χ0n) is 19.8. The van der Waals surface area contributed by atoms with Gasteiger partial charge in [-0.05, 0) is 36.0 Å². The molecule has 2 aromatic heterocycles. The molecular formula is C26H28ClN7O. The first-order valence-corrected chi connectivity index (χ1v) is 12.5. The molecule has 0 radical (unpaired) electrons. The Morgan fingerprint density at radius 2 is 1.83 bits per heavy atom. The van der Waals surface area contributed by atoms with Gasteiger partial charge in [0.1, 0.15) is 11.2 Å². The third kappa shape index (κ3) is 4.56. The lowest BCUT2D eigenvalue weighted by atomic mass is 10.0. The zero-order valence-corrected chi connectivity index (χ0v) is 20.5. The monoisotopic (exact) mass is 489 g/mol. The molecular weight excluding hydrogens is 462 g/mol. The van der Waals surface area contributed by atoms with Gasteiger partial charge in [-0.25, -0.2) is 9.67 Å². The number of piperazine rings is 1. The fourth-order valence-corrected chi connectivity index (χ4v) is 5.06. The van der Waals surface area contributed by atoms with Crippen LogP contribution in [0.25, 0.3) is 22.2 Å². The van der Waals surface area contributed by atoms with E-state index in [1.54, 1.807) is 17.1 Å². The second-order valence-corrected chi connectivity index (χ2v) is 10.1. The van der Waals surface area contributed by atoms with Crippen molar-refractivity contribution in [1.82, 2.24) is 34.3 Å². The van der Waals surface area contributed by atoms with Crippen LogP contribution in [0.3, 0.4) is 0 Å². The number of fused-ring (bicyclic) bond motifs is 1. The lowest BCUT2D eigenvalue weighted by molar-refractivity contribution is 0.0623. The summed E-state index contributed by atoms with van der Waals surface area (Å²) in [6.07, 6.45) is 5.99. The number of amides is 1. The molecule has 4 aromatic rings. The van der Waals surface area contributed by atoms with Crippen LogP contribution in [0, 0.1) is 5.92 Å². The van der Waals surface area contributed by atoms with E-state index in [1.807, 2.05) is 16.6 Å². The molecule has 1 saturated carbocycles. The normalized spacial score (nSPS) is 16.8. The number of halogens is 1. The molecule has 35 heavy (non-hydrogen) atoms. The van der Waals surface area contributed by atoms with E-state index in [0.717, 1.165) is 54.3 Å². The number of aromatic nitrogens is 5. The van der Waals surface area contributed by atoms with E-state index < -0.39 is 0 Å². The highest BCUT2D eigenvalue weighted by molar-refractivity contribution is 6.37. The Morgan fingerprint density at radius 1 is 1.06 bits per heavy atom.